The first kappa shape index (κ1) is 11.9. The van der Waals surface area contributed by atoms with E-state index in [-0.39, 0.29) is 0 Å². The molecule has 87 valence electrons. The van der Waals surface area contributed by atoms with Gasteiger partial charge in [-0.3, -0.25) is 0 Å². The summed E-state index contributed by atoms with van der Waals surface area (Å²) >= 11 is 0. The van der Waals surface area contributed by atoms with Crippen molar-refractivity contribution >= 4 is 0 Å². The Hall–Kier alpha value is -1.56. The molecule has 0 heteroatoms. The maximum absolute atomic E-state index is 3.28. The van der Waals surface area contributed by atoms with Crippen molar-refractivity contribution in [2.45, 2.75) is 33.1 Å². The fourth-order valence-electron chi connectivity index (χ4n) is 2.15. The molecule has 1 radical (unpaired) electrons. The smallest absolute Gasteiger partial charge is 0.0149 e. The Morgan fingerprint density at radius 2 is 1.88 bits per heavy atom. The van der Waals surface area contributed by atoms with Crippen molar-refractivity contribution in [1.82, 2.24) is 0 Å². The van der Waals surface area contributed by atoms with Crippen LogP contribution in [0.4, 0.5) is 0 Å². The molecule has 2 rings (SSSR count). The van der Waals surface area contributed by atoms with Crippen molar-refractivity contribution in [2.24, 2.45) is 0 Å². The molecule has 0 heterocycles. The first-order chi connectivity index (χ1) is 8.22. The van der Waals surface area contributed by atoms with Gasteiger partial charge in [0.15, 0.2) is 0 Å². The monoisotopic (exact) mass is 223 g/mol. The third kappa shape index (κ3) is 2.58. The minimum Gasteiger partial charge on any atom is -0.0619 e. The molecule has 0 saturated heterocycles. The van der Waals surface area contributed by atoms with E-state index in [2.05, 4.69) is 63.2 Å². The lowest BCUT2D eigenvalue weighted by atomic mass is 9.92. The second kappa shape index (κ2) is 5.18. The van der Waals surface area contributed by atoms with Crippen LogP contribution in [0.2, 0.25) is 0 Å². The summed E-state index contributed by atoms with van der Waals surface area (Å²) in [5, 5.41) is 0. The lowest BCUT2D eigenvalue weighted by Crippen LogP contribution is -1.92. The van der Waals surface area contributed by atoms with Crippen LogP contribution in [0.1, 0.15) is 37.8 Å². The maximum atomic E-state index is 3.28. The molecule has 0 fully saturated rings. The number of benzene rings is 2. The van der Waals surface area contributed by atoms with Crippen LogP contribution >= 0.6 is 0 Å². The predicted molar refractivity (Wildman–Crippen MR) is 74.2 cm³/mol. The molecule has 17 heavy (non-hydrogen) atoms. The first-order valence-corrected chi connectivity index (χ1v) is 6.32. The van der Waals surface area contributed by atoms with Crippen LogP contribution in [0.3, 0.4) is 0 Å². The van der Waals surface area contributed by atoms with Gasteiger partial charge in [0.1, 0.15) is 0 Å². The number of rotatable bonds is 3. The van der Waals surface area contributed by atoms with Gasteiger partial charge in [0, 0.05) is 0 Å². The largest absolute Gasteiger partial charge is 0.0619 e. The van der Waals surface area contributed by atoms with Crippen molar-refractivity contribution in [1.29, 1.82) is 0 Å². The van der Waals surface area contributed by atoms with Crippen molar-refractivity contribution in [3.05, 3.63) is 59.7 Å². The van der Waals surface area contributed by atoms with E-state index < -0.39 is 0 Å². The third-order valence-corrected chi connectivity index (χ3v) is 3.14. The highest BCUT2D eigenvalue weighted by Gasteiger charge is 2.07. The van der Waals surface area contributed by atoms with Crippen LogP contribution in [0.5, 0.6) is 0 Å². The minimum atomic E-state index is 0.556. The molecule has 0 aromatic heterocycles. The Bertz CT molecular complexity index is 495. The highest BCUT2D eigenvalue weighted by Crippen LogP contribution is 2.29. The van der Waals surface area contributed by atoms with Gasteiger partial charge in [0.2, 0.25) is 0 Å². The summed E-state index contributed by atoms with van der Waals surface area (Å²) in [5.74, 6) is 0.556. The third-order valence-electron chi connectivity index (χ3n) is 3.14. The summed E-state index contributed by atoms with van der Waals surface area (Å²) in [6.45, 7) is 6.66. The van der Waals surface area contributed by atoms with E-state index >= 15 is 0 Å². The molecule has 2 aromatic carbocycles. The van der Waals surface area contributed by atoms with Gasteiger partial charge in [-0.25, -0.2) is 0 Å². The summed E-state index contributed by atoms with van der Waals surface area (Å²) in [5.41, 5.74) is 5.36. The Morgan fingerprint density at radius 3 is 2.59 bits per heavy atom. The molecule has 0 aliphatic rings. The lowest BCUT2D eigenvalue weighted by molar-refractivity contribution is 0.869. The van der Waals surface area contributed by atoms with Crippen LogP contribution in [-0.2, 0) is 6.42 Å². The van der Waals surface area contributed by atoms with Gasteiger partial charge in [-0.15, -0.1) is 0 Å². The molecule has 0 N–H and O–H groups in total. The van der Waals surface area contributed by atoms with E-state index in [9.17, 15) is 0 Å². The summed E-state index contributed by atoms with van der Waals surface area (Å²) in [4.78, 5) is 0. The molecule has 2 aromatic rings. The first-order valence-electron chi connectivity index (χ1n) is 6.32. The van der Waals surface area contributed by atoms with Crippen LogP contribution in [-0.4, -0.2) is 0 Å². The van der Waals surface area contributed by atoms with Crippen LogP contribution < -0.4 is 0 Å². The predicted octanol–water partition coefficient (Wildman–Crippen LogP) is 4.84. The van der Waals surface area contributed by atoms with Crippen molar-refractivity contribution in [3.8, 4) is 11.1 Å². The minimum absolute atomic E-state index is 0.556. The molecular formula is C17H19. The molecular weight excluding hydrogens is 204 g/mol. The van der Waals surface area contributed by atoms with Crippen LogP contribution in [0, 0.1) is 6.07 Å². The van der Waals surface area contributed by atoms with Crippen molar-refractivity contribution in [3.63, 3.8) is 0 Å². The van der Waals surface area contributed by atoms with Gasteiger partial charge in [-0.05, 0) is 40.7 Å². The van der Waals surface area contributed by atoms with Crippen LogP contribution in [0.15, 0.2) is 42.5 Å². The zero-order valence-corrected chi connectivity index (χ0v) is 10.8. The van der Waals surface area contributed by atoms with Gasteiger partial charge < -0.3 is 0 Å². The number of aryl methyl sites for hydroxylation is 1. The summed E-state index contributed by atoms with van der Waals surface area (Å²) in [7, 11) is 0. The Balaban J connectivity index is 2.52. The van der Waals surface area contributed by atoms with E-state index in [1.54, 1.807) is 0 Å². The fourth-order valence-corrected chi connectivity index (χ4v) is 2.15. The van der Waals surface area contributed by atoms with E-state index in [0.717, 1.165) is 6.42 Å². The van der Waals surface area contributed by atoms with Gasteiger partial charge in [0.05, 0.1) is 0 Å². The maximum Gasteiger partial charge on any atom is -0.0149 e. The summed E-state index contributed by atoms with van der Waals surface area (Å²) < 4.78 is 0. The van der Waals surface area contributed by atoms with Gasteiger partial charge in [-0.2, -0.15) is 0 Å². The number of hydrogen-bond acceptors (Lipinski definition) is 0. The molecule has 0 aliphatic heterocycles. The molecule has 0 spiro atoms. The Morgan fingerprint density at radius 1 is 1.12 bits per heavy atom. The second-order valence-corrected chi connectivity index (χ2v) is 4.70. The lowest BCUT2D eigenvalue weighted by Gasteiger charge is -2.13. The Labute approximate surface area is 104 Å². The van der Waals surface area contributed by atoms with Gasteiger partial charge in [0.25, 0.3) is 0 Å². The van der Waals surface area contributed by atoms with Crippen molar-refractivity contribution < 1.29 is 0 Å². The average molecular weight is 223 g/mol. The van der Waals surface area contributed by atoms with E-state index in [4.69, 9.17) is 0 Å². The normalized spacial score (nSPS) is 10.8. The molecule has 0 bridgehead atoms. The zero-order valence-electron chi connectivity index (χ0n) is 10.8. The molecule has 0 saturated carbocycles. The van der Waals surface area contributed by atoms with Gasteiger partial charge in [-0.1, -0.05) is 63.2 Å². The second-order valence-electron chi connectivity index (χ2n) is 4.70. The highest BCUT2D eigenvalue weighted by atomic mass is 14.1. The van der Waals surface area contributed by atoms with Crippen LogP contribution in [0.25, 0.3) is 11.1 Å². The SMILES string of the molecule is CCc1[c]ccc(-c2ccccc2C(C)C)c1. The molecule has 0 aliphatic carbocycles. The molecule has 0 amide bonds. The Kier molecular flexibility index (Phi) is 3.63. The summed E-state index contributed by atoms with van der Waals surface area (Å²) in [6.07, 6.45) is 1.04. The standard InChI is InChI=1S/C17H19/c1-4-14-8-7-9-15(12-14)17-11-6-5-10-16(17)13(2)3/h5-7,9-13H,4H2,1-3H3. The molecule has 0 nitrogen and oxygen atoms in total. The number of hydrogen-bond donors (Lipinski definition) is 0. The summed E-state index contributed by atoms with van der Waals surface area (Å²) in [6, 6.07) is 18.4. The fraction of sp³-hybridized carbons (Fsp3) is 0.294. The van der Waals surface area contributed by atoms with Crippen molar-refractivity contribution in [2.75, 3.05) is 0 Å². The highest BCUT2D eigenvalue weighted by molar-refractivity contribution is 5.68. The average Bonchev–Trinajstić information content (AvgIpc) is 2.39. The quantitative estimate of drug-likeness (QED) is 0.698. The topological polar surface area (TPSA) is 0 Å². The van der Waals surface area contributed by atoms with E-state index in [1.807, 2.05) is 6.07 Å². The zero-order chi connectivity index (χ0) is 12.3. The van der Waals surface area contributed by atoms with E-state index in [0.29, 0.717) is 5.92 Å². The van der Waals surface area contributed by atoms with Gasteiger partial charge >= 0.3 is 0 Å². The molecule has 0 atom stereocenters. The molecule has 0 unspecified atom stereocenters. The van der Waals surface area contributed by atoms with E-state index in [1.165, 1.54) is 22.3 Å².